The van der Waals surface area contributed by atoms with E-state index in [9.17, 15) is 18.0 Å². The maximum absolute atomic E-state index is 12.1. The predicted octanol–water partition coefficient (Wildman–Crippen LogP) is 0.246. The van der Waals surface area contributed by atoms with Gasteiger partial charge >= 0.3 is 11.9 Å². The lowest BCUT2D eigenvalue weighted by Crippen LogP contribution is -2.39. The van der Waals surface area contributed by atoms with Gasteiger partial charge in [-0.15, -0.1) is 0 Å². The molecule has 1 aliphatic rings. The molecule has 7 nitrogen and oxygen atoms in total. The lowest BCUT2D eigenvalue weighted by atomic mass is 9.95. The fraction of sp³-hybridized carbons (Fsp3) is 0.385. The number of hydrogen-bond acceptors (Lipinski definition) is 5. The second-order valence-electron chi connectivity index (χ2n) is 4.66. The van der Waals surface area contributed by atoms with Crippen molar-refractivity contribution < 1.29 is 27.9 Å². The first-order valence-corrected chi connectivity index (χ1v) is 7.85. The number of nitrogens with zero attached hydrogens (tertiary/aromatic N) is 1. The van der Waals surface area contributed by atoms with Crippen LogP contribution in [0.2, 0.25) is 0 Å². The molecule has 0 amide bonds. The number of methoxy groups -OCH3 is 1. The summed E-state index contributed by atoms with van der Waals surface area (Å²) < 4.78 is 29.7. The number of carbonyl (C=O) groups is 2. The molecular formula is C13H15NO6S. The summed E-state index contributed by atoms with van der Waals surface area (Å²) in [5.74, 6) is -2.56. The van der Waals surface area contributed by atoms with Gasteiger partial charge in [0.05, 0.1) is 12.7 Å². The Balaban J connectivity index is 2.26. The van der Waals surface area contributed by atoms with E-state index in [1.165, 1.54) is 10.4 Å². The number of benzene rings is 1. The molecule has 114 valence electrons. The van der Waals surface area contributed by atoms with E-state index in [1.54, 1.807) is 12.1 Å². The van der Waals surface area contributed by atoms with Crippen LogP contribution in [0.1, 0.15) is 21.5 Å². The van der Waals surface area contributed by atoms with Crippen molar-refractivity contribution >= 4 is 22.0 Å². The molecule has 1 aromatic rings. The van der Waals surface area contributed by atoms with Gasteiger partial charge in [-0.1, -0.05) is 12.1 Å². The van der Waals surface area contributed by atoms with Crippen LogP contribution in [-0.2, 0) is 32.5 Å². The molecule has 1 aliphatic heterocycles. The van der Waals surface area contributed by atoms with E-state index < -0.39 is 27.7 Å². The Bertz CT molecular complexity index is 682. The number of rotatable bonds is 4. The summed E-state index contributed by atoms with van der Waals surface area (Å²) in [4.78, 5) is 22.3. The van der Waals surface area contributed by atoms with Crippen molar-refractivity contribution in [3.63, 3.8) is 0 Å². The van der Waals surface area contributed by atoms with Crippen LogP contribution in [0.4, 0.5) is 0 Å². The third-order valence-electron chi connectivity index (χ3n) is 3.38. The minimum Gasteiger partial charge on any atom is -0.478 e. The van der Waals surface area contributed by atoms with Crippen molar-refractivity contribution in [1.29, 1.82) is 0 Å². The average molecular weight is 313 g/mol. The summed E-state index contributed by atoms with van der Waals surface area (Å²) in [5.41, 5.74) is 1.49. The van der Waals surface area contributed by atoms with Gasteiger partial charge in [-0.05, 0) is 23.6 Å². The molecule has 0 radical (unpaired) electrons. The lowest BCUT2D eigenvalue weighted by molar-refractivity contribution is -0.137. The van der Waals surface area contributed by atoms with Crippen LogP contribution in [0.15, 0.2) is 18.2 Å². The zero-order valence-electron chi connectivity index (χ0n) is 11.4. The van der Waals surface area contributed by atoms with Crippen LogP contribution in [0, 0.1) is 0 Å². The van der Waals surface area contributed by atoms with Crippen molar-refractivity contribution in [2.45, 2.75) is 13.0 Å². The van der Waals surface area contributed by atoms with Gasteiger partial charge in [0.1, 0.15) is 0 Å². The summed E-state index contributed by atoms with van der Waals surface area (Å²) in [6.45, 7) is 0.215. The molecule has 2 rings (SSSR count). The Morgan fingerprint density at radius 3 is 2.71 bits per heavy atom. The summed E-state index contributed by atoms with van der Waals surface area (Å²) >= 11 is 0. The molecule has 1 N–H and O–H groups in total. The molecule has 0 atom stereocenters. The molecular weight excluding hydrogens is 298 g/mol. The molecule has 21 heavy (non-hydrogen) atoms. The quantitative estimate of drug-likeness (QED) is 0.799. The molecule has 0 aromatic heterocycles. The fourth-order valence-electron chi connectivity index (χ4n) is 2.32. The number of carboxylic acids is 1. The van der Waals surface area contributed by atoms with Crippen LogP contribution >= 0.6 is 0 Å². The zero-order chi connectivity index (χ0) is 15.6. The molecule has 1 heterocycles. The normalized spacial score (nSPS) is 15.3. The molecule has 0 aliphatic carbocycles. The summed E-state index contributed by atoms with van der Waals surface area (Å²) in [7, 11) is -2.63. The molecule has 0 spiro atoms. The third kappa shape index (κ3) is 3.22. The highest BCUT2D eigenvalue weighted by atomic mass is 32.2. The number of fused-ring (bicyclic) bond motifs is 1. The van der Waals surface area contributed by atoms with E-state index in [2.05, 4.69) is 4.74 Å². The number of sulfonamides is 1. The number of aromatic carboxylic acids is 1. The second-order valence-corrected chi connectivity index (χ2v) is 6.63. The molecule has 0 fully saturated rings. The van der Waals surface area contributed by atoms with Crippen LogP contribution in [0.25, 0.3) is 0 Å². The van der Waals surface area contributed by atoms with E-state index in [4.69, 9.17) is 5.11 Å². The predicted molar refractivity (Wildman–Crippen MR) is 73.3 cm³/mol. The summed E-state index contributed by atoms with van der Waals surface area (Å²) in [6, 6.07) is 4.78. The van der Waals surface area contributed by atoms with Crippen molar-refractivity contribution in [2.24, 2.45) is 0 Å². The Labute approximate surface area is 122 Å². The van der Waals surface area contributed by atoms with Gasteiger partial charge in [-0.25, -0.2) is 13.2 Å². The monoisotopic (exact) mass is 313 g/mol. The number of carboxylic acid groups (broad SMARTS) is 1. The third-order valence-corrected chi connectivity index (χ3v) is 5.08. The van der Waals surface area contributed by atoms with Gasteiger partial charge in [0.2, 0.25) is 10.0 Å². The van der Waals surface area contributed by atoms with E-state index in [0.717, 1.165) is 7.11 Å². The molecule has 0 saturated carbocycles. The minimum atomic E-state index is -3.76. The Hall–Kier alpha value is -1.93. The number of ether oxygens (including phenoxy) is 1. The SMILES string of the molecule is COC(=O)CS(=O)(=O)N1CCc2c(cccc2C(=O)O)C1. The molecule has 0 saturated heterocycles. The van der Waals surface area contributed by atoms with Crippen molar-refractivity contribution in [3.05, 3.63) is 34.9 Å². The van der Waals surface area contributed by atoms with Gasteiger partial charge in [-0.3, -0.25) is 4.79 Å². The lowest BCUT2D eigenvalue weighted by Gasteiger charge is -2.28. The number of esters is 1. The molecule has 0 bridgehead atoms. The molecule has 1 aromatic carbocycles. The molecule has 8 heteroatoms. The van der Waals surface area contributed by atoms with Gasteiger partial charge in [0.15, 0.2) is 5.75 Å². The van der Waals surface area contributed by atoms with Crippen molar-refractivity contribution in [3.8, 4) is 0 Å². The maximum atomic E-state index is 12.1. The summed E-state index contributed by atoms with van der Waals surface area (Å²) in [6.07, 6.45) is 0.304. The van der Waals surface area contributed by atoms with Crippen LogP contribution in [-0.4, -0.2) is 49.2 Å². The van der Waals surface area contributed by atoms with Crippen LogP contribution < -0.4 is 0 Å². The summed E-state index contributed by atoms with van der Waals surface area (Å²) in [5, 5.41) is 9.12. The van der Waals surface area contributed by atoms with Gasteiger partial charge in [-0.2, -0.15) is 4.31 Å². The van der Waals surface area contributed by atoms with E-state index in [0.29, 0.717) is 17.5 Å². The van der Waals surface area contributed by atoms with Crippen molar-refractivity contribution in [2.75, 3.05) is 19.4 Å². The van der Waals surface area contributed by atoms with Gasteiger partial charge in [0, 0.05) is 13.1 Å². The first kappa shape index (κ1) is 15.5. The topological polar surface area (TPSA) is 101 Å². The first-order valence-electron chi connectivity index (χ1n) is 6.24. The number of carbonyl (C=O) groups excluding carboxylic acids is 1. The van der Waals surface area contributed by atoms with Crippen molar-refractivity contribution in [1.82, 2.24) is 4.31 Å². The van der Waals surface area contributed by atoms with E-state index in [1.807, 2.05) is 0 Å². The highest BCUT2D eigenvalue weighted by Crippen LogP contribution is 2.24. The highest BCUT2D eigenvalue weighted by molar-refractivity contribution is 7.89. The Morgan fingerprint density at radius 2 is 2.10 bits per heavy atom. The second kappa shape index (κ2) is 5.82. The van der Waals surface area contributed by atoms with Gasteiger partial charge in [0.25, 0.3) is 0 Å². The van der Waals surface area contributed by atoms with Gasteiger partial charge < -0.3 is 9.84 Å². The number of hydrogen-bond donors (Lipinski definition) is 1. The van der Waals surface area contributed by atoms with Crippen LogP contribution in [0.5, 0.6) is 0 Å². The zero-order valence-corrected chi connectivity index (χ0v) is 12.2. The molecule has 0 unspecified atom stereocenters. The largest absolute Gasteiger partial charge is 0.478 e. The average Bonchev–Trinajstić information content (AvgIpc) is 2.45. The minimum absolute atomic E-state index is 0.0653. The Kier molecular flexibility index (Phi) is 4.29. The maximum Gasteiger partial charge on any atom is 0.335 e. The van der Waals surface area contributed by atoms with E-state index in [-0.39, 0.29) is 18.7 Å². The smallest absolute Gasteiger partial charge is 0.335 e. The first-order chi connectivity index (χ1) is 9.85. The highest BCUT2D eigenvalue weighted by Gasteiger charge is 2.30. The standard InChI is InChI=1S/C13H15NO6S/c1-20-12(15)8-21(18,19)14-6-5-10-9(7-14)3-2-4-11(10)13(16)17/h2-4H,5-8H2,1H3,(H,16,17). The van der Waals surface area contributed by atoms with Crippen LogP contribution in [0.3, 0.4) is 0 Å². The Morgan fingerprint density at radius 1 is 1.38 bits per heavy atom. The fourth-order valence-corrected chi connectivity index (χ4v) is 3.62. The van der Waals surface area contributed by atoms with E-state index >= 15 is 0 Å².